The minimum Gasteiger partial charge on any atom is -0.464 e. The fourth-order valence-electron chi connectivity index (χ4n) is 1.59. The SMILES string of the molecule is COC(=O)c1cc2c(F)c(F)c(C)nc2n1SOI. The van der Waals surface area contributed by atoms with Gasteiger partial charge in [0, 0.05) is 0 Å². The highest BCUT2D eigenvalue weighted by molar-refractivity contribution is 14.1. The molecular formula is C10H7F2IN2O3S. The first-order valence-electron chi connectivity index (χ1n) is 4.92. The lowest BCUT2D eigenvalue weighted by molar-refractivity contribution is 0.0593. The molecule has 0 radical (unpaired) electrons. The molecule has 0 spiro atoms. The molecule has 0 aliphatic heterocycles. The van der Waals surface area contributed by atoms with Gasteiger partial charge in [0.25, 0.3) is 0 Å². The number of carbonyl (C=O) groups excluding carboxylic acids is 1. The molecular weight excluding hydrogens is 393 g/mol. The quantitative estimate of drug-likeness (QED) is 0.450. The minimum absolute atomic E-state index is 0.00978. The lowest BCUT2D eigenvalue weighted by Gasteiger charge is -2.05. The molecule has 0 aliphatic carbocycles. The Balaban J connectivity index is 2.80. The standard InChI is InChI=1S/C10H7F2IN2O3S/c1-4-7(11)8(12)5-3-6(10(16)17-2)15(19-18-13)9(5)14-4/h3H,1-2H3. The molecule has 2 aromatic heterocycles. The van der Waals surface area contributed by atoms with E-state index < -0.39 is 17.6 Å². The van der Waals surface area contributed by atoms with Crippen LogP contribution in [0.2, 0.25) is 0 Å². The number of pyridine rings is 1. The van der Waals surface area contributed by atoms with Crippen molar-refractivity contribution in [2.45, 2.75) is 6.92 Å². The second-order valence-electron chi connectivity index (χ2n) is 3.52. The van der Waals surface area contributed by atoms with Gasteiger partial charge in [-0.1, -0.05) is 0 Å². The van der Waals surface area contributed by atoms with Crippen LogP contribution >= 0.6 is 35.2 Å². The fourth-order valence-corrected chi connectivity index (χ4v) is 2.54. The topological polar surface area (TPSA) is 53.3 Å². The number of hydrogen-bond acceptors (Lipinski definition) is 5. The van der Waals surface area contributed by atoms with Gasteiger partial charge in [0.15, 0.2) is 17.3 Å². The molecule has 0 N–H and O–H groups in total. The van der Waals surface area contributed by atoms with Crippen LogP contribution in [-0.4, -0.2) is 22.0 Å². The first kappa shape index (κ1) is 14.5. The first-order valence-corrected chi connectivity index (χ1v) is 6.50. The van der Waals surface area contributed by atoms with E-state index >= 15 is 0 Å². The van der Waals surface area contributed by atoms with E-state index in [0.29, 0.717) is 0 Å². The predicted molar refractivity (Wildman–Crippen MR) is 73.8 cm³/mol. The van der Waals surface area contributed by atoms with Crippen LogP contribution in [0.4, 0.5) is 8.78 Å². The summed E-state index contributed by atoms with van der Waals surface area (Å²) in [7, 11) is 1.19. The normalized spacial score (nSPS) is 11.0. The summed E-state index contributed by atoms with van der Waals surface area (Å²) in [5, 5.41) is -0.107. The lowest BCUT2D eigenvalue weighted by atomic mass is 10.2. The molecule has 0 saturated heterocycles. The molecule has 2 aromatic rings. The maximum Gasteiger partial charge on any atom is 0.355 e. The van der Waals surface area contributed by atoms with Crippen LogP contribution in [0.5, 0.6) is 0 Å². The van der Waals surface area contributed by atoms with Crippen LogP contribution < -0.4 is 0 Å². The maximum absolute atomic E-state index is 13.8. The molecule has 19 heavy (non-hydrogen) atoms. The van der Waals surface area contributed by atoms with Crippen molar-refractivity contribution in [3.05, 3.63) is 29.1 Å². The Morgan fingerprint density at radius 1 is 1.47 bits per heavy atom. The molecule has 102 valence electrons. The number of aryl methyl sites for hydroxylation is 1. The van der Waals surface area contributed by atoms with Crippen LogP contribution in [0.25, 0.3) is 11.0 Å². The molecule has 9 heteroatoms. The van der Waals surface area contributed by atoms with Gasteiger partial charge in [-0.05, 0) is 13.0 Å². The summed E-state index contributed by atoms with van der Waals surface area (Å²) in [4.78, 5) is 15.5. The van der Waals surface area contributed by atoms with Gasteiger partial charge < -0.3 is 4.74 Å². The van der Waals surface area contributed by atoms with E-state index in [1.807, 2.05) is 0 Å². The number of methoxy groups -OCH3 is 1. The fraction of sp³-hybridized carbons (Fsp3) is 0.200. The number of carbonyl (C=O) groups is 1. The van der Waals surface area contributed by atoms with E-state index in [1.54, 1.807) is 23.0 Å². The van der Waals surface area contributed by atoms with E-state index in [4.69, 9.17) is 2.51 Å². The third-order valence-corrected chi connectivity index (χ3v) is 3.51. The number of esters is 1. The zero-order chi connectivity index (χ0) is 14.2. The van der Waals surface area contributed by atoms with E-state index in [1.165, 1.54) is 24.1 Å². The van der Waals surface area contributed by atoms with E-state index in [-0.39, 0.29) is 22.4 Å². The van der Waals surface area contributed by atoms with Gasteiger partial charge in [0.1, 0.15) is 40.9 Å². The van der Waals surface area contributed by atoms with Crippen molar-refractivity contribution in [1.82, 2.24) is 8.96 Å². The summed E-state index contributed by atoms with van der Waals surface area (Å²) < 4.78 is 37.9. The summed E-state index contributed by atoms with van der Waals surface area (Å²) in [6, 6.07) is 1.18. The Labute approximate surface area is 125 Å². The predicted octanol–water partition coefficient (Wildman–Crippen LogP) is 3.19. The zero-order valence-electron chi connectivity index (χ0n) is 9.74. The molecule has 0 fully saturated rings. The van der Waals surface area contributed by atoms with Gasteiger partial charge >= 0.3 is 5.97 Å². The number of hydrogen-bond donors (Lipinski definition) is 0. The van der Waals surface area contributed by atoms with Crippen LogP contribution in [0.3, 0.4) is 0 Å². The van der Waals surface area contributed by atoms with Gasteiger partial charge in [0.2, 0.25) is 0 Å². The lowest BCUT2D eigenvalue weighted by Crippen LogP contribution is -2.06. The molecule has 0 amide bonds. The maximum atomic E-state index is 13.8. The van der Waals surface area contributed by atoms with Crippen molar-refractivity contribution < 1.29 is 20.8 Å². The third kappa shape index (κ3) is 2.41. The van der Waals surface area contributed by atoms with E-state index in [9.17, 15) is 13.6 Å². The highest BCUT2D eigenvalue weighted by atomic mass is 127. The molecule has 2 heterocycles. The van der Waals surface area contributed by atoms with Gasteiger partial charge in [-0.3, -0.25) is 0 Å². The average molecular weight is 400 g/mol. The average Bonchev–Trinajstić information content (AvgIpc) is 2.75. The summed E-state index contributed by atoms with van der Waals surface area (Å²) in [5.41, 5.74) is 0.00357. The van der Waals surface area contributed by atoms with E-state index in [0.717, 1.165) is 12.2 Å². The molecule has 0 bridgehead atoms. The molecule has 5 nitrogen and oxygen atoms in total. The van der Waals surface area contributed by atoms with Crippen molar-refractivity contribution in [3.63, 3.8) is 0 Å². The largest absolute Gasteiger partial charge is 0.464 e. The monoisotopic (exact) mass is 400 g/mol. The molecule has 2 rings (SSSR count). The van der Waals surface area contributed by atoms with Crippen molar-refractivity contribution in [2.24, 2.45) is 0 Å². The van der Waals surface area contributed by atoms with Crippen LogP contribution in [0.1, 0.15) is 16.2 Å². The summed E-state index contributed by atoms with van der Waals surface area (Å²) >= 11 is 2.35. The van der Waals surface area contributed by atoms with Crippen LogP contribution in [-0.2, 0) is 7.25 Å². The molecule has 0 atom stereocenters. The number of halogens is 3. The number of ether oxygens (including phenoxy) is 1. The number of rotatable bonds is 3. The van der Waals surface area contributed by atoms with Gasteiger partial charge in [0.05, 0.1) is 18.2 Å². The molecule has 0 aliphatic rings. The molecule has 0 unspecified atom stereocenters. The van der Waals surface area contributed by atoms with Crippen LogP contribution in [0, 0.1) is 18.6 Å². The van der Waals surface area contributed by atoms with Crippen molar-refractivity contribution in [2.75, 3.05) is 7.11 Å². The Hall–Kier alpha value is -0.940. The van der Waals surface area contributed by atoms with Gasteiger partial charge in [-0.2, -0.15) is 0 Å². The second-order valence-corrected chi connectivity index (χ2v) is 5.23. The minimum atomic E-state index is -1.06. The second kappa shape index (κ2) is 5.59. The third-order valence-electron chi connectivity index (χ3n) is 2.45. The zero-order valence-corrected chi connectivity index (χ0v) is 12.7. The van der Waals surface area contributed by atoms with Gasteiger partial charge in [-0.25, -0.2) is 25.0 Å². The Kier molecular flexibility index (Phi) is 4.26. The van der Waals surface area contributed by atoms with Crippen molar-refractivity contribution >= 4 is 52.2 Å². The number of fused-ring (bicyclic) bond motifs is 1. The summed E-state index contributed by atoms with van der Waals surface area (Å²) in [5.74, 6) is -2.79. The summed E-state index contributed by atoms with van der Waals surface area (Å²) in [6.07, 6.45) is 0. The smallest absolute Gasteiger partial charge is 0.355 e. The van der Waals surface area contributed by atoms with Crippen molar-refractivity contribution in [3.8, 4) is 0 Å². The highest BCUT2D eigenvalue weighted by Gasteiger charge is 2.23. The Bertz CT molecular complexity index is 662. The number of aromatic nitrogens is 2. The first-order chi connectivity index (χ1) is 9.01. The highest BCUT2D eigenvalue weighted by Crippen LogP contribution is 2.29. The Morgan fingerprint density at radius 2 is 2.16 bits per heavy atom. The van der Waals surface area contributed by atoms with Crippen molar-refractivity contribution in [1.29, 1.82) is 0 Å². The summed E-state index contributed by atoms with van der Waals surface area (Å²) in [6.45, 7) is 1.34. The number of nitrogens with zero attached hydrogens (tertiary/aromatic N) is 2. The van der Waals surface area contributed by atoms with Gasteiger partial charge in [-0.15, -0.1) is 0 Å². The van der Waals surface area contributed by atoms with Crippen LogP contribution in [0.15, 0.2) is 6.07 Å². The Morgan fingerprint density at radius 3 is 2.74 bits per heavy atom. The molecule has 0 saturated carbocycles. The van der Waals surface area contributed by atoms with E-state index in [2.05, 4.69) is 9.72 Å². The molecule has 0 aromatic carbocycles.